The zero-order valence-corrected chi connectivity index (χ0v) is 13.0. The summed E-state index contributed by atoms with van der Waals surface area (Å²) in [6.45, 7) is 0.684. The molecular formula is C18H19FN2O2. The van der Waals surface area contributed by atoms with Gasteiger partial charge in [-0.3, -0.25) is 0 Å². The van der Waals surface area contributed by atoms with Gasteiger partial charge >= 0.3 is 6.03 Å². The SMILES string of the molecule is COc1ccccc1NC(=O)N1CCC[C@H]1c1ccc(F)cc1. The molecule has 23 heavy (non-hydrogen) atoms. The van der Waals surface area contributed by atoms with Crippen LogP contribution in [0.25, 0.3) is 0 Å². The minimum atomic E-state index is -0.267. The normalized spacial score (nSPS) is 17.1. The Labute approximate surface area is 134 Å². The van der Waals surface area contributed by atoms with E-state index in [1.807, 2.05) is 12.1 Å². The number of para-hydroxylation sites is 2. The molecule has 2 amide bonds. The lowest BCUT2D eigenvalue weighted by Gasteiger charge is -2.25. The molecule has 1 aliphatic rings. The van der Waals surface area contributed by atoms with Crippen LogP contribution < -0.4 is 10.1 Å². The Bertz CT molecular complexity index is 688. The number of anilines is 1. The van der Waals surface area contributed by atoms with Gasteiger partial charge in [-0.15, -0.1) is 0 Å². The van der Waals surface area contributed by atoms with Crippen molar-refractivity contribution < 1.29 is 13.9 Å². The maximum atomic E-state index is 13.1. The smallest absolute Gasteiger partial charge is 0.322 e. The van der Waals surface area contributed by atoms with Gasteiger partial charge in [-0.05, 0) is 42.7 Å². The van der Waals surface area contributed by atoms with E-state index < -0.39 is 0 Å². The number of nitrogens with one attached hydrogen (secondary N) is 1. The Balaban J connectivity index is 1.77. The van der Waals surface area contributed by atoms with E-state index in [0.29, 0.717) is 18.0 Å². The van der Waals surface area contributed by atoms with Gasteiger partial charge in [-0.25, -0.2) is 9.18 Å². The van der Waals surface area contributed by atoms with E-state index in [4.69, 9.17) is 4.74 Å². The molecule has 4 nitrogen and oxygen atoms in total. The van der Waals surface area contributed by atoms with Gasteiger partial charge in [-0.1, -0.05) is 24.3 Å². The van der Waals surface area contributed by atoms with Crippen molar-refractivity contribution in [2.75, 3.05) is 19.0 Å². The largest absolute Gasteiger partial charge is 0.495 e. The summed E-state index contributed by atoms with van der Waals surface area (Å²) in [4.78, 5) is 14.4. The number of carbonyl (C=O) groups is 1. The molecule has 3 rings (SSSR count). The number of methoxy groups -OCH3 is 1. The lowest BCUT2D eigenvalue weighted by atomic mass is 10.0. The summed E-state index contributed by atoms with van der Waals surface area (Å²) < 4.78 is 18.4. The fraction of sp³-hybridized carbons (Fsp3) is 0.278. The van der Waals surface area contributed by atoms with Crippen LogP contribution in [0.5, 0.6) is 5.75 Å². The van der Waals surface area contributed by atoms with Gasteiger partial charge in [0.25, 0.3) is 0 Å². The highest BCUT2D eigenvalue weighted by Gasteiger charge is 2.30. The van der Waals surface area contributed by atoms with Crippen molar-refractivity contribution >= 4 is 11.7 Å². The van der Waals surface area contributed by atoms with Crippen LogP contribution in [0.15, 0.2) is 48.5 Å². The number of rotatable bonds is 3. The van der Waals surface area contributed by atoms with E-state index in [0.717, 1.165) is 18.4 Å². The third kappa shape index (κ3) is 3.28. The average molecular weight is 314 g/mol. The Kier molecular flexibility index (Phi) is 4.46. The first-order valence-electron chi connectivity index (χ1n) is 7.65. The Morgan fingerprint density at radius 3 is 2.70 bits per heavy atom. The molecule has 1 N–H and O–H groups in total. The third-order valence-corrected chi connectivity index (χ3v) is 4.12. The lowest BCUT2D eigenvalue weighted by Crippen LogP contribution is -2.34. The number of benzene rings is 2. The number of ether oxygens (including phenoxy) is 1. The molecule has 0 aliphatic carbocycles. The van der Waals surface area contributed by atoms with Gasteiger partial charge < -0.3 is 15.0 Å². The zero-order chi connectivity index (χ0) is 16.2. The summed E-state index contributed by atoms with van der Waals surface area (Å²) >= 11 is 0. The first kappa shape index (κ1) is 15.3. The number of urea groups is 1. The first-order valence-corrected chi connectivity index (χ1v) is 7.65. The predicted molar refractivity (Wildman–Crippen MR) is 87.1 cm³/mol. The molecule has 0 spiro atoms. The molecule has 1 saturated heterocycles. The van der Waals surface area contributed by atoms with E-state index >= 15 is 0 Å². The molecule has 0 unspecified atom stereocenters. The quantitative estimate of drug-likeness (QED) is 0.922. The molecule has 1 heterocycles. The van der Waals surface area contributed by atoms with Crippen molar-refractivity contribution in [3.63, 3.8) is 0 Å². The van der Waals surface area contributed by atoms with E-state index in [1.165, 1.54) is 12.1 Å². The van der Waals surface area contributed by atoms with Crippen molar-refractivity contribution in [3.8, 4) is 5.75 Å². The number of amides is 2. The topological polar surface area (TPSA) is 41.6 Å². The number of hydrogen-bond acceptors (Lipinski definition) is 2. The summed E-state index contributed by atoms with van der Waals surface area (Å²) in [7, 11) is 1.57. The summed E-state index contributed by atoms with van der Waals surface area (Å²) in [6, 6.07) is 13.5. The molecule has 2 aromatic rings. The van der Waals surface area contributed by atoms with Crippen molar-refractivity contribution in [3.05, 3.63) is 59.9 Å². The maximum absolute atomic E-state index is 13.1. The van der Waals surface area contributed by atoms with Gasteiger partial charge in [0.05, 0.1) is 18.8 Å². The second-order valence-electron chi connectivity index (χ2n) is 5.53. The highest BCUT2D eigenvalue weighted by atomic mass is 19.1. The van der Waals surface area contributed by atoms with Crippen LogP contribution in [0.1, 0.15) is 24.4 Å². The van der Waals surface area contributed by atoms with Crippen LogP contribution in [0.4, 0.5) is 14.9 Å². The third-order valence-electron chi connectivity index (χ3n) is 4.12. The van der Waals surface area contributed by atoms with Gasteiger partial charge in [0.15, 0.2) is 0 Å². The zero-order valence-electron chi connectivity index (χ0n) is 13.0. The molecule has 1 atom stereocenters. The number of likely N-dealkylation sites (tertiary alicyclic amines) is 1. The molecule has 0 bridgehead atoms. The molecule has 120 valence electrons. The summed E-state index contributed by atoms with van der Waals surface area (Å²) in [5.74, 6) is 0.357. The molecule has 0 saturated carbocycles. The first-order chi connectivity index (χ1) is 11.2. The van der Waals surface area contributed by atoms with Gasteiger partial charge in [0, 0.05) is 6.54 Å². The van der Waals surface area contributed by atoms with Crippen molar-refractivity contribution in [1.82, 2.24) is 4.90 Å². The van der Waals surface area contributed by atoms with Crippen molar-refractivity contribution in [2.24, 2.45) is 0 Å². The number of hydrogen-bond donors (Lipinski definition) is 1. The Morgan fingerprint density at radius 2 is 1.96 bits per heavy atom. The average Bonchev–Trinajstić information content (AvgIpc) is 3.06. The fourth-order valence-electron chi connectivity index (χ4n) is 2.98. The van der Waals surface area contributed by atoms with Crippen LogP contribution in [0, 0.1) is 5.82 Å². The molecule has 0 radical (unpaired) electrons. The molecule has 5 heteroatoms. The van der Waals surface area contributed by atoms with E-state index in [1.54, 1.807) is 36.3 Å². The Morgan fingerprint density at radius 1 is 1.22 bits per heavy atom. The minimum absolute atomic E-state index is 0.0229. The van der Waals surface area contributed by atoms with Crippen molar-refractivity contribution in [1.29, 1.82) is 0 Å². The van der Waals surface area contributed by atoms with Gasteiger partial charge in [0.1, 0.15) is 11.6 Å². The number of nitrogens with zero attached hydrogens (tertiary/aromatic N) is 1. The van der Waals surface area contributed by atoms with Crippen LogP contribution in [0.2, 0.25) is 0 Å². The molecule has 1 fully saturated rings. The standard InChI is InChI=1S/C18H19FN2O2/c1-23-17-7-3-2-5-15(17)20-18(22)21-12-4-6-16(21)13-8-10-14(19)11-9-13/h2-3,5,7-11,16H,4,6,12H2,1H3,(H,20,22)/t16-/m0/s1. The van der Waals surface area contributed by atoms with E-state index in [9.17, 15) is 9.18 Å². The highest BCUT2D eigenvalue weighted by Crippen LogP contribution is 2.33. The lowest BCUT2D eigenvalue weighted by molar-refractivity contribution is 0.207. The van der Waals surface area contributed by atoms with Crippen LogP contribution in [-0.4, -0.2) is 24.6 Å². The Hall–Kier alpha value is -2.56. The number of halogens is 1. The molecule has 2 aromatic carbocycles. The molecule has 1 aliphatic heterocycles. The fourth-order valence-corrected chi connectivity index (χ4v) is 2.98. The van der Waals surface area contributed by atoms with Crippen LogP contribution in [0.3, 0.4) is 0 Å². The summed E-state index contributed by atoms with van der Waals surface area (Å²) in [6.07, 6.45) is 1.81. The van der Waals surface area contributed by atoms with Gasteiger partial charge in [-0.2, -0.15) is 0 Å². The van der Waals surface area contributed by atoms with E-state index in [2.05, 4.69) is 5.32 Å². The summed E-state index contributed by atoms with van der Waals surface area (Å²) in [5, 5.41) is 2.90. The number of carbonyl (C=O) groups excluding carboxylic acids is 1. The highest BCUT2D eigenvalue weighted by molar-refractivity contribution is 5.91. The van der Waals surface area contributed by atoms with Crippen LogP contribution in [-0.2, 0) is 0 Å². The maximum Gasteiger partial charge on any atom is 0.322 e. The van der Waals surface area contributed by atoms with Gasteiger partial charge in [0.2, 0.25) is 0 Å². The van der Waals surface area contributed by atoms with Crippen molar-refractivity contribution in [2.45, 2.75) is 18.9 Å². The van der Waals surface area contributed by atoms with E-state index in [-0.39, 0.29) is 17.9 Å². The molecule has 0 aromatic heterocycles. The monoisotopic (exact) mass is 314 g/mol. The van der Waals surface area contributed by atoms with Crippen LogP contribution >= 0.6 is 0 Å². The minimum Gasteiger partial charge on any atom is -0.495 e. The summed E-state index contributed by atoms with van der Waals surface area (Å²) in [5.41, 5.74) is 1.60. The molecular weight excluding hydrogens is 295 g/mol. The predicted octanol–water partition coefficient (Wildman–Crippen LogP) is 4.20. The second-order valence-corrected chi connectivity index (χ2v) is 5.53. The second kappa shape index (κ2) is 6.69.